The number of hydrogen-bond donors (Lipinski definition) is 3. The van der Waals surface area contributed by atoms with E-state index in [9.17, 15) is 32.4 Å². The molecule has 0 spiro atoms. The molecule has 0 bridgehead atoms. The predicted octanol–water partition coefficient (Wildman–Crippen LogP) is 5.41. The summed E-state index contributed by atoms with van der Waals surface area (Å²) < 4.78 is 56.7. The second-order valence-corrected chi connectivity index (χ2v) is 10.1. The standard InChI is InChI=1S/C27H29F4N3O3/c1-16(24(36)37)17-4-6-18(7-5-17)19-8-10-20(11-9-19)22(27(29,30)31)33-21(14-25(2,3)28)23(35)34-26(15-32)12-13-26/h4-11,16,21-22,33H,12-14H2,1-3H3,(H,34,35)(H,36,37)/t16-,21?,22-/m0/s1. The fraction of sp³-hybridized carbons (Fsp3) is 0.444. The number of alkyl halides is 4. The molecule has 2 aromatic rings. The molecule has 3 rings (SSSR count). The zero-order valence-corrected chi connectivity index (χ0v) is 20.7. The zero-order chi connectivity index (χ0) is 27.6. The van der Waals surface area contributed by atoms with Crippen molar-refractivity contribution in [2.24, 2.45) is 0 Å². The van der Waals surface area contributed by atoms with Gasteiger partial charge in [0, 0.05) is 6.42 Å². The molecule has 0 radical (unpaired) electrons. The number of carbonyl (C=O) groups is 2. The number of nitrogens with zero attached hydrogens (tertiary/aromatic N) is 1. The van der Waals surface area contributed by atoms with Crippen LogP contribution >= 0.6 is 0 Å². The van der Waals surface area contributed by atoms with Gasteiger partial charge in [0.05, 0.1) is 18.0 Å². The molecule has 0 saturated heterocycles. The zero-order valence-electron chi connectivity index (χ0n) is 20.7. The summed E-state index contributed by atoms with van der Waals surface area (Å²) >= 11 is 0. The van der Waals surface area contributed by atoms with E-state index >= 15 is 0 Å². The van der Waals surface area contributed by atoms with Gasteiger partial charge in [0.25, 0.3) is 0 Å². The van der Waals surface area contributed by atoms with Crippen molar-refractivity contribution in [1.29, 1.82) is 5.26 Å². The summed E-state index contributed by atoms with van der Waals surface area (Å²) in [5.74, 6) is -2.52. The minimum atomic E-state index is -4.79. The van der Waals surface area contributed by atoms with Crippen LogP contribution in [0.15, 0.2) is 48.5 Å². The second kappa shape index (κ2) is 10.5. The maximum absolute atomic E-state index is 14.4. The Morgan fingerprint density at radius 3 is 1.86 bits per heavy atom. The molecule has 1 fully saturated rings. The SMILES string of the molecule is C[C@H](C(=O)O)c1ccc(-c2ccc([C@H](NC(CC(C)(C)F)C(=O)NC3(C#N)CC3)C(F)(F)F)cc2)cc1. The smallest absolute Gasteiger partial charge is 0.407 e. The monoisotopic (exact) mass is 519 g/mol. The third-order valence-corrected chi connectivity index (χ3v) is 6.39. The van der Waals surface area contributed by atoms with Gasteiger partial charge in [-0.2, -0.15) is 18.4 Å². The number of nitriles is 1. The number of carboxylic acid groups (broad SMARTS) is 1. The Labute approximate surface area is 212 Å². The number of rotatable bonds is 10. The fourth-order valence-electron chi connectivity index (χ4n) is 3.98. The first-order valence-corrected chi connectivity index (χ1v) is 11.8. The van der Waals surface area contributed by atoms with Crippen molar-refractivity contribution in [2.75, 3.05) is 0 Å². The van der Waals surface area contributed by atoms with Crippen LogP contribution in [0.4, 0.5) is 17.6 Å². The summed E-state index contributed by atoms with van der Waals surface area (Å²) in [6.07, 6.45) is -4.53. The van der Waals surface area contributed by atoms with Gasteiger partial charge in [0.1, 0.15) is 17.2 Å². The van der Waals surface area contributed by atoms with E-state index in [-0.39, 0.29) is 5.56 Å². The Hall–Kier alpha value is -3.45. The van der Waals surface area contributed by atoms with E-state index in [4.69, 9.17) is 5.11 Å². The van der Waals surface area contributed by atoms with Crippen LogP contribution in [0, 0.1) is 11.3 Å². The number of halogens is 4. The van der Waals surface area contributed by atoms with Crippen LogP contribution in [0.2, 0.25) is 0 Å². The van der Waals surface area contributed by atoms with Crippen LogP contribution in [0.3, 0.4) is 0 Å². The molecule has 1 aliphatic rings. The highest BCUT2D eigenvalue weighted by molar-refractivity contribution is 5.83. The van der Waals surface area contributed by atoms with Crippen molar-refractivity contribution in [3.05, 3.63) is 59.7 Å². The number of amides is 1. The highest BCUT2D eigenvalue weighted by atomic mass is 19.4. The molecule has 3 atom stereocenters. The van der Waals surface area contributed by atoms with Crippen molar-refractivity contribution < 1.29 is 32.3 Å². The molecule has 2 aromatic carbocycles. The Balaban J connectivity index is 1.84. The Kier molecular flexibility index (Phi) is 7.98. The Morgan fingerprint density at radius 1 is 1.00 bits per heavy atom. The van der Waals surface area contributed by atoms with E-state index in [2.05, 4.69) is 10.6 Å². The molecular weight excluding hydrogens is 490 g/mol. The first kappa shape index (κ1) is 28.1. The van der Waals surface area contributed by atoms with Crippen molar-refractivity contribution in [3.63, 3.8) is 0 Å². The molecule has 0 aromatic heterocycles. The predicted molar refractivity (Wildman–Crippen MR) is 129 cm³/mol. The maximum Gasteiger partial charge on any atom is 0.407 e. The summed E-state index contributed by atoms with van der Waals surface area (Å²) in [5, 5.41) is 23.1. The van der Waals surface area contributed by atoms with Gasteiger partial charge in [-0.05, 0) is 55.9 Å². The van der Waals surface area contributed by atoms with E-state index < -0.39 is 53.7 Å². The topological polar surface area (TPSA) is 102 Å². The summed E-state index contributed by atoms with van der Waals surface area (Å²) in [6, 6.07) is 10.4. The van der Waals surface area contributed by atoms with E-state index in [1.807, 2.05) is 6.07 Å². The summed E-state index contributed by atoms with van der Waals surface area (Å²) in [7, 11) is 0. The Morgan fingerprint density at radius 2 is 1.49 bits per heavy atom. The third-order valence-electron chi connectivity index (χ3n) is 6.39. The number of carboxylic acids is 1. The lowest BCUT2D eigenvalue weighted by Gasteiger charge is -2.30. The molecular formula is C27H29F4N3O3. The first-order chi connectivity index (χ1) is 17.1. The van der Waals surface area contributed by atoms with E-state index in [0.717, 1.165) is 0 Å². The molecule has 1 amide bonds. The highest BCUT2D eigenvalue weighted by Crippen LogP contribution is 2.37. The first-order valence-electron chi connectivity index (χ1n) is 11.8. The summed E-state index contributed by atoms with van der Waals surface area (Å²) in [5.41, 5.74) is -1.31. The summed E-state index contributed by atoms with van der Waals surface area (Å²) in [6.45, 7) is 3.90. The maximum atomic E-state index is 14.4. The molecule has 198 valence electrons. The molecule has 1 saturated carbocycles. The van der Waals surface area contributed by atoms with Gasteiger partial charge >= 0.3 is 12.1 Å². The average Bonchev–Trinajstić information content (AvgIpc) is 3.59. The number of hydrogen-bond acceptors (Lipinski definition) is 4. The van der Waals surface area contributed by atoms with Crippen molar-refractivity contribution >= 4 is 11.9 Å². The molecule has 6 nitrogen and oxygen atoms in total. The quantitative estimate of drug-likeness (QED) is 0.364. The van der Waals surface area contributed by atoms with Crippen LogP contribution in [-0.4, -0.2) is 40.4 Å². The van der Waals surface area contributed by atoms with Gasteiger partial charge in [-0.15, -0.1) is 0 Å². The summed E-state index contributed by atoms with van der Waals surface area (Å²) in [4.78, 5) is 24.0. The minimum absolute atomic E-state index is 0.164. The third kappa shape index (κ3) is 7.29. The number of aliphatic carboxylic acids is 1. The van der Waals surface area contributed by atoms with Gasteiger partial charge in [0.2, 0.25) is 5.91 Å². The van der Waals surface area contributed by atoms with Crippen LogP contribution in [-0.2, 0) is 9.59 Å². The van der Waals surface area contributed by atoms with Crippen molar-refractivity contribution in [2.45, 2.75) is 75.4 Å². The van der Waals surface area contributed by atoms with Gasteiger partial charge in [-0.3, -0.25) is 14.9 Å². The van der Waals surface area contributed by atoms with Crippen molar-refractivity contribution in [1.82, 2.24) is 10.6 Å². The molecule has 3 N–H and O–H groups in total. The average molecular weight is 520 g/mol. The Bertz CT molecular complexity index is 1160. The molecule has 0 heterocycles. The number of benzene rings is 2. The van der Waals surface area contributed by atoms with E-state index in [1.165, 1.54) is 38.1 Å². The molecule has 37 heavy (non-hydrogen) atoms. The van der Waals surface area contributed by atoms with Crippen LogP contribution in [0.1, 0.15) is 63.1 Å². The molecule has 1 unspecified atom stereocenters. The van der Waals surface area contributed by atoms with Crippen LogP contribution in [0.25, 0.3) is 11.1 Å². The lowest BCUT2D eigenvalue weighted by atomic mass is 9.95. The number of nitrogens with one attached hydrogen (secondary N) is 2. The van der Waals surface area contributed by atoms with E-state index in [1.54, 1.807) is 31.2 Å². The second-order valence-electron chi connectivity index (χ2n) is 10.1. The van der Waals surface area contributed by atoms with Crippen LogP contribution in [0.5, 0.6) is 0 Å². The fourth-order valence-corrected chi connectivity index (χ4v) is 3.98. The molecule has 10 heteroatoms. The van der Waals surface area contributed by atoms with Crippen molar-refractivity contribution in [3.8, 4) is 17.2 Å². The van der Waals surface area contributed by atoms with E-state index in [0.29, 0.717) is 29.5 Å². The lowest BCUT2D eigenvalue weighted by Crippen LogP contribution is -2.53. The lowest BCUT2D eigenvalue weighted by molar-refractivity contribution is -0.161. The van der Waals surface area contributed by atoms with Gasteiger partial charge in [-0.1, -0.05) is 48.5 Å². The van der Waals surface area contributed by atoms with Gasteiger partial charge in [0.15, 0.2) is 0 Å². The van der Waals surface area contributed by atoms with Crippen LogP contribution < -0.4 is 10.6 Å². The van der Waals surface area contributed by atoms with Gasteiger partial charge in [-0.25, -0.2) is 4.39 Å². The normalized spacial score (nSPS) is 17.2. The van der Waals surface area contributed by atoms with Gasteiger partial charge < -0.3 is 10.4 Å². The number of carbonyl (C=O) groups excluding carboxylic acids is 1. The highest BCUT2D eigenvalue weighted by Gasteiger charge is 2.48. The molecule has 1 aliphatic carbocycles. The largest absolute Gasteiger partial charge is 0.481 e. The minimum Gasteiger partial charge on any atom is -0.481 e. The molecule has 0 aliphatic heterocycles.